The van der Waals surface area contributed by atoms with E-state index in [0.29, 0.717) is 12.0 Å². The van der Waals surface area contributed by atoms with Crippen molar-refractivity contribution in [3.63, 3.8) is 0 Å². The summed E-state index contributed by atoms with van der Waals surface area (Å²) < 4.78 is 0. The Hall–Kier alpha value is -0.300. The molecule has 1 heteroatoms. The van der Waals surface area contributed by atoms with E-state index in [2.05, 4.69) is 206 Å². The Balaban J connectivity index is 3.72. The first-order valence-electron chi connectivity index (χ1n) is 19.4. The van der Waals surface area contributed by atoms with Crippen LogP contribution in [0.4, 0.5) is 0 Å². The number of hydrogen-bond acceptors (Lipinski definition) is 1. The van der Waals surface area contributed by atoms with Gasteiger partial charge >= 0.3 is 0 Å². The lowest BCUT2D eigenvalue weighted by Crippen LogP contribution is -2.66. The lowest BCUT2D eigenvalue weighted by atomic mass is 9.33. The van der Waals surface area contributed by atoms with Gasteiger partial charge in [-0.25, -0.2) is 0 Å². The molecule has 1 nitrogen and oxygen atoms in total. The van der Waals surface area contributed by atoms with E-state index < -0.39 is 0 Å². The highest BCUT2D eigenvalue weighted by Crippen LogP contribution is 2.73. The highest BCUT2D eigenvalue weighted by Gasteiger charge is 2.67. The summed E-state index contributed by atoms with van der Waals surface area (Å²) in [6, 6.07) is 0.314. The molecule has 0 spiro atoms. The van der Waals surface area contributed by atoms with Crippen LogP contribution in [0.3, 0.4) is 0 Å². The van der Waals surface area contributed by atoms with Crippen LogP contribution >= 0.6 is 0 Å². The maximum absolute atomic E-state index is 4.65. The summed E-state index contributed by atoms with van der Waals surface area (Å²) in [5.74, 6) is 0.448. The minimum atomic E-state index is -0.114. The third-order valence-corrected chi connectivity index (χ3v) is 21.0. The predicted molar refractivity (Wildman–Crippen MR) is 215 cm³/mol. The third kappa shape index (κ3) is 5.70. The molecular formula is C46H91N. The predicted octanol–water partition coefficient (Wildman–Crippen LogP) is 14.7. The van der Waals surface area contributed by atoms with Crippen molar-refractivity contribution in [1.82, 2.24) is 5.32 Å². The second-order valence-corrected chi connectivity index (χ2v) is 24.2. The van der Waals surface area contributed by atoms with Crippen molar-refractivity contribution in [3.8, 4) is 0 Å². The lowest BCUT2D eigenvalue weighted by Gasteiger charge is -2.71. The fraction of sp³-hybridized carbons (Fsp3) is 0.957. The van der Waals surface area contributed by atoms with Crippen molar-refractivity contribution in [1.29, 1.82) is 0 Å². The Morgan fingerprint density at radius 3 is 1.09 bits per heavy atom. The average molecular weight is 658 g/mol. The minimum Gasteiger partial charge on any atom is -0.304 e. The Labute approximate surface area is 299 Å². The van der Waals surface area contributed by atoms with Gasteiger partial charge in [-0.15, -0.1) is 0 Å². The maximum Gasteiger partial charge on any atom is 0.0422 e. The number of rotatable bonds is 12. The molecule has 0 aliphatic heterocycles. The second kappa shape index (κ2) is 11.6. The van der Waals surface area contributed by atoms with Gasteiger partial charge in [0.15, 0.2) is 0 Å². The fourth-order valence-electron chi connectivity index (χ4n) is 10.4. The summed E-state index contributed by atoms with van der Waals surface area (Å²) in [5, 5.41) is 4.25. The van der Waals surface area contributed by atoms with Crippen molar-refractivity contribution in [2.45, 2.75) is 212 Å². The van der Waals surface area contributed by atoms with Crippen molar-refractivity contribution >= 4 is 0 Å². The number of nitrogens with one attached hydrogen (secondary N) is 1. The SMILES string of the molecule is C=C1CC(C)(C)C(C)(C)[C@]1(C)NC(C)C(C)(C)C(C)C(C)(C)C(C)(C)C(C)(C)C(C)(C)C(C)(C)C(C)(C)C(C)(C)C(C)(C)C(C)(C)C. The fourth-order valence-corrected chi connectivity index (χ4v) is 10.4. The molecule has 0 saturated heterocycles. The van der Waals surface area contributed by atoms with Gasteiger partial charge in [-0.2, -0.15) is 0 Å². The molecule has 47 heavy (non-hydrogen) atoms. The molecule has 1 rings (SSSR count). The van der Waals surface area contributed by atoms with E-state index in [4.69, 9.17) is 0 Å². The van der Waals surface area contributed by atoms with Gasteiger partial charge in [0.25, 0.3) is 0 Å². The zero-order valence-electron chi connectivity index (χ0n) is 38.1. The van der Waals surface area contributed by atoms with Crippen LogP contribution in [0.15, 0.2) is 12.2 Å². The van der Waals surface area contributed by atoms with Gasteiger partial charge in [0, 0.05) is 11.6 Å². The molecule has 0 heterocycles. The van der Waals surface area contributed by atoms with E-state index in [-0.39, 0.29) is 70.5 Å². The summed E-state index contributed by atoms with van der Waals surface area (Å²) in [4.78, 5) is 0. The molecule has 1 aliphatic carbocycles. The minimum absolute atomic E-state index is 0.00493. The molecule has 0 bridgehead atoms. The lowest BCUT2D eigenvalue weighted by molar-refractivity contribution is -0.229. The first-order chi connectivity index (χ1) is 19.9. The standard InChI is InChI=1S/C46H91N/c1-31-30-35(7,8)39(15,16)46(31,29)47-33(3)36(9,10)32(2)37(11,12)40(17,18)42(21,22)44(25,26)45(27,28)43(23,24)41(19,20)38(13,14)34(4,5)6/h32-33,47H,1,30H2,2-29H3/t32?,33?,46-/m1/s1. The molecule has 2 unspecified atom stereocenters. The van der Waals surface area contributed by atoms with Crippen LogP contribution in [0.2, 0.25) is 0 Å². The Bertz CT molecular complexity index is 1150. The first kappa shape index (κ1) is 44.7. The van der Waals surface area contributed by atoms with Crippen LogP contribution in [-0.4, -0.2) is 11.6 Å². The zero-order chi connectivity index (χ0) is 38.6. The van der Waals surface area contributed by atoms with Gasteiger partial charge in [0.2, 0.25) is 0 Å². The molecule has 0 aromatic heterocycles. The molecule has 1 fully saturated rings. The van der Waals surface area contributed by atoms with Gasteiger partial charge in [0.05, 0.1) is 0 Å². The van der Waals surface area contributed by atoms with Gasteiger partial charge in [-0.3, -0.25) is 0 Å². The van der Waals surface area contributed by atoms with E-state index in [1.807, 2.05) is 0 Å². The topological polar surface area (TPSA) is 12.0 Å². The van der Waals surface area contributed by atoms with Crippen LogP contribution in [0, 0.1) is 70.9 Å². The first-order valence-corrected chi connectivity index (χ1v) is 19.4. The largest absolute Gasteiger partial charge is 0.304 e. The van der Waals surface area contributed by atoms with E-state index in [1.165, 1.54) is 5.57 Å². The van der Waals surface area contributed by atoms with Crippen LogP contribution in [-0.2, 0) is 0 Å². The summed E-state index contributed by atoms with van der Waals surface area (Å²) in [7, 11) is 0. The Morgan fingerprint density at radius 1 is 0.511 bits per heavy atom. The molecular weight excluding hydrogens is 567 g/mol. The van der Waals surface area contributed by atoms with Crippen LogP contribution in [0.1, 0.15) is 200 Å². The molecule has 1 aliphatic rings. The molecule has 0 aromatic carbocycles. The molecule has 1 saturated carbocycles. The van der Waals surface area contributed by atoms with E-state index in [0.717, 1.165) is 6.42 Å². The van der Waals surface area contributed by atoms with Crippen LogP contribution in [0.25, 0.3) is 0 Å². The molecule has 280 valence electrons. The molecule has 3 atom stereocenters. The van der Waals surface area contributed by atoms with Crippen molar-refractivity contribution < 1.29 is 0 Å². The van der Waals surface area contributed by atoms with Crippen LogP contribution < -0.4 is 5.32 Å². The average Bonchev–Trinajstić information content (AvgIpc) is 2.96. The van der Waals surface area contributed by atoms with Crippen molar-refractivity contribution in [3.05, 3.63) is 12.2 Å². The third-order valence-electron chi connectivity index (χ3n) is 21.0. The van der Waals surface area contributed by atoms with Crippen LogP contribution in [0.5, 0.6) is 0 Å². The maximum atomic E-state index is 4.65. The normalized spacial score (nSPS) is 24.0. The summed E-state index contributed by atoms with van der Waals surface area (Å²) in [6.45, 7) is 75.4. The van der Waals surface area contributed by atoms with E-state index in [1.54, 1.807) is 0 Å². The number of hydrogen-bond donors (Lipinski definition) is 1. The Kier molecular flexibility index (Phi) is 11.0. The van der Waals surface area contributed by atoms with Gasteiger partial charge in [0.1, 0.15) is 0 Å². The van der Waals surface area contributed by atoms with Crippen molar-refractivity contribution in [2.24, 2.45) is 70.9 Å². The highest BCUT2D eigenvalue weighted by atomic mass is 15.1. The van der Waals surface area contributed by atoms with Crippen molar-refractivity contribution in [2.75, 3.05) is 0 Å². The zero-order valence-corrected chi connectivity index (χ0v) is 38.1. The molecule has 1 N–H and O–H groups in total. The summed E-state index contributed by atoms with van der Waals surface area (Å²) in [6.07, 6.45) is 1.07. The second-order valence-electron chi connectivity index (χ2n) is 24.2. The monoisotopic (exact) mass is 658 g/mol. The van der Waals surface area contributed by atoms with Gasteiger partial charge in [-0.1, -0.05) is 192 Å². The smallest absolute Gasteiger partial charge is 0.0422 e. The Morgan fingerprint density at radius 2 is 0.809 bits per heavy atom. The molecule has 0 aromatic rings. The molecule has 0 radical (unpaired) electrons. The van der Waals surface area contributed by atoms with E-state index in [9.17, 15) is 0 Å². The quantitative estimate of drug-likeness (QED) is 0.206. The van der Waals surface area contributed by atoms with Gasteiger partial charge < -0.3 is 5.32 Å². The van der Waals surface area contributed by atoms with E-state index >= 15 is 0 Å². The molecule has 0 amide bonds. The van der Waals surface area contributed by atoms with Gasteiger partial charge in [-0.05, 0) is 91.2 Å². The summed E-state index contributed by atoms with van der Waals surface area (Å²) in [5.41, 5.74) is 2.10. The summed E-state index contributed by atoms with van der Waals surface area (Å²) >= 11 is 0. The highest BCUT2D eigenvalue weighted by molar-refractivity contribution is 5.31.